The second kappa shape index (κ2) is 5.19. The fraction of sp³-hybridized carbons (Fsp3) is 0.714. The Labute approximate surface area is 117 Å². The molecule has 1 N–H and O–H groups in total. The molecule has 0 aliphatic heterocycles. The lowest BCUT2D eigenvalue weighted by molar-refractivity contribution is -0.133. The number of rotatable bonds is 7. The zero-order chi connectivity index (χ0) is 13.4. The van der Waals surface area contributed by atoms with Crippen molar-refractivity contribution in [2.75, 3.05) is 5.75 Å². The summed E-state index contributed by atoms with van der Waals surface area (Å²) in [5.41, 5.74) is 0.984. The Bertz CT molecular complexity index is 466. The third kappa shape index (κ3) is 3.32. The molecular weight excluding hydrogens is 260 g/mol. The van der Waals surface area contributed by atoms with E-state index >= 15 is 0 Å². The van der Waals surface area contributed by atoms with E-state index < -0.39 is 5.97 Å². The summed E-state index contributed by atoms with van der Waals surface area (Å²) in [5.74, 6) is 1.92. The maximum Gasteiger partial charge on any atom is 0.313 e. The number of carboxylic acid groups (broad SMARTS) is 1. The molecule has 0 bridgehead atoms. The summed E-state index contributed by atoms with van der Waals surface area (Å²) in [6.45, 7) is 3.00. The number of thioether (sulfide) groups is 1. The van der Waals surface area contributed by atoms with Crippen molar-refractivity contribution in [3.8, 4) is 0 Å². The maximum absolute atomic E-state index is 10.7. The first-order valence-electron chi connectivity index (χ1n) is 7.02. The Kier molecular flexibility index (Phi) is 3.56. The van der Waals surface area contributed by atoms with Crippen molar-refractivity contribution >= 4 is 17.7 Å². The van der Waals surface area contributed by atoms with Gasteiger partial charge in [-0.3, -0.25) is 4.79 Å². The predicted molar refractivity (Wildman–Crippen MR) is 74.3 cm³/mol. The molecule has 0 radical (unpaired) electrons. The van der Waals surface area contributed by atoms with E-state index in [0.717, 1.165) is 35.1 Å². The zero-order valence-electron chi connectivity index (χ0n) is 11.2. The van der Waals surface area contributed by atoms with E-state index in [0.29, 0.717) is 0 Å². The fourth-order valence-corrected chi connectivity index (χ4v) is 3.61. The van der Waals surface area contributed by atoms with E-state index in [2.05, 4.69) is 15.7 Å². The molecule has 2 fully saturated rings. The molecule has 0 saturated heterocycles. The molecule has 3 rings (SSSR count). The van der Waals surface area contributed by atoms with Gasteiger partial charge in [-0.25, -0.2) is 4.98 Å². The molecule has 0 aromatic carbocycles. The molecule has 1 heterocycles. The van der Waals surface area contributed by atoms with E-state index in [4.69, 9.17) is 5.11 Å². The van der Waals surface area contributed by atoms with Gasteiger partial charge in [0.1, 0.15) is 0 Å². The third-order valence-corrected chi connectivity index (χ3v) is 5.02. The Morgan fingerprint density at radius 3 is 2.63 bits per heavy atom. The molecule has 1 aromatic rings. The van der Waals surface area contributed by atoms with Gasteiger partial charge in [0, 0.05) is 12.7 Å². The summed E-state index contributed by atoms with van der Waals surface area (Å²) >= 11 is 1.33. The first kappa shape index (κ1) is 13.0. The highest BCUT2D eigenvalue weighted by Crippen LogP contribution is 2.50. The maximum atomic E-state index is 10.7. The van der Waals surface area contributed by atoms with Crippen molar-refractivity contribution < 1.29 is 9.90 Å². The minimum atomic E-state index is -0.780. The number of hydrogen-bond acceptors (Lipinski definition) is 3. The average molecular weight is 280 g/mol. The van der Waals surface area contributed by atoms with Crippen LogP contribution < -0.4 is 0 Å². The number of hydrogen-bond donors (Lipinski definition) is 1. The SMILES string of the molecule is Cc1cn(CC(C2CC2)C2CC2)c(SCC(=O)O)n1. The highest BCUT2D eigenvalue weighted by atomic mass is 32.2. The molecule has 1 aromatic heterocycles. The number of aliphatic carboxylic acids is 1. The molecule has 2 aliphatic carbocycles. The van der Waals surface area contributed by atoms with Gasteiger partial charge in [-0.15, -0.1) is 0 Å². The molecule has 4 nitrogen and oxygen atoms in total. The molecule has 104 valence electrons. The molecule has 5 heteroatoms. The summed E-state index contributed by atoms with van der Waals surface area (Å²) in [7, 11) is 0. The summed E-state index contributed by atoms with van der Waals surface area (Å²) in [5, 5.41) is 9.66. The molecular formula is C14H20N2O2S. The quantitative estimate of drug-likeness (QED) is 0.780. The summed E-state index contributed by atoms with van der Waals surface area (Å²) in [4.78, 5) is 15.1. The van der Waals surface area contributed by atoms with Crippen LogP contribution in [0.5, 0.6) is 0 Å². The van der Waals surface area contributed by atoms with Crippen LogP contribution in [0.25, 0.3) is 0 Å². The van der Waals surface area contributed by atoms with Crippen LogP contribution in [0.15, 0.2) is 11.4 Å². The van der Waals surface area contributed by atoms with Crippen molar-refractivity contribution in [2.45, 2.75) is 44.3 Å². The van der Waals surface area contributed by atoms with Crippen LogP contribution in [0.1, 0.15) is 31.4 Å². The van der Waals surface area contributed by atoms with Crippen LogP contribution in [0.2, 0.25) is 0 Å². The standard InChI is InChI=1S/C14H20N2O2S/c1-9-6-16(14(15-9)19-8-13(17)18)7-12(10-2-3-10)11-4-5-11/h6,10-12H,2-5,7-8H2,1H3,(H,17,18). The van der Waals surface area contributed by atoms with E-state index in [1.54, 1.807) is 0 Å². The number of carboxylic acids is 1. The summed E-state index contributed by atoms with van der Waals surface area (Å²) < 4.78 is 2.18. The van der Waals surface area contributed by atoms with Crippen molar-refractivity contribution in [3.05, 3.63) is 11.9 Å². The largest absolute Gasteiger partial charge is 0.481 e. The van der Waals surface area contributed by atoms with E-state index in [9.17, 15) is 4.79 Å². The second-order valence-corrected chi connectivity index (χ2v) is 6.78. The van der Waals surface area contributed by atoms with Gasteiger partial charge in [-0.05, 0) is 50.4 Å². The topological polar surface area (TPSA) is 55.1 Å². The van der Waals surface area contributed by atoms with Crippen LogP contribution in [0.3, 0.4) is 0 Å². The molecule has 2 aliphatic rings. The third-order valence-electron chi connectivity index (χ3n) is 4.05. The Morgan fingerprint density at radius 1 is 1.47 bits per heavy atom. The zero-order valence-corrected chi connectivity index (χ0v) is 12.0. The molecule has 2 saturated carbocycles. The Balaban J connectivity index is 1.69. The predicted octanol–water partition coefficient (Wildman–Crippen LogP) is 2.80. The first-order chi connectivity index (χ1) is 9.13. The van der Waals surface area contributed by atoms with Crippen molar-refractivity contribution in [3.63, 3.8) is 0 Å². The van der Waals surface area contributed by atoms with Crippen molar-refractivity contribution in [1.29, 1.82) is 0 Å². The van der Waals surface area contributed by atoms with Crippen LogP contribution >= 0.6 is 11.8 Å². The minimum absolute atomic E-state index is 0.0912. The summed E-state index contributed by atoms with van der Waals surface area (Å²) in [6.07, 6.45) is 7.60. The number of nitrogens with zero attached hydrogens (tertiary/aromatic N) is 2. The van der Waals surface area contributed by atoms with E-state index in [1.165, 1.54) is 37.4 Å². The lowest BCUT2D eigenvalue weighted by atomic mass is 9.98. The second-order valence-electron chi connectivity index (χ2n) is 5.84. The summed E-state index contributed by atoms with van der Waals surface area (Å²) in [6, 6.07) is 0. The van der Waals surface area contributed by atoms with Gasteiger partial charge >= 0.3 is 5.97 Å². The van der Waals surface area contributed by atoms with Gasteiger partial charge in [0.25, 0.3) is 0 Å². The lowest BCUT2D eigenvalue weighted by Gasteiger charge is -2.17. The Morgan fingerprint density at radius 2 is 2.11 bits per heavy atom. The fourth-order valence-electron chi connectivity index (χ4n) is 2.86. The minimum Gasteiger partial charge on any atom is -0.481 e. The monoisotopic (exact) mass is 280 g/mol. The smallest absolute Gasteiger partial charge is 0.313 e. The van der Waals surface area contributed by atoms with Gasteiger partial charge in [0.15, 0.2) is 5.16 Å². The number of aromatic nitrogens is 2. The number of imidazole rings is 1. The lowest BCUT2D eigenvalue weighted by Crippen LogP contribution is -2.15. The van der Waals surface area contributed by atoms with Gasteiger partial charge in [0.2, 0.25) is 0 Å². The van der Waals surface area contributed by atoms with Gasteiger partial charge in [0.05, 0.1) is 11.4 Å². The van der Waals surface area contributed by atoms with E-state index in [-0.39, 0.29) is 5.75 Å². The van der Waals surface area contributed by atoms with Gasteiger partial charge < -0.3 is 9.67 Å². The molecule has 0 atom stereocenters. The normalized spacial score (nSPS) is 19.1. The highest BCUT2D eigenvalue weighted by Gasteiger charge is 2.41. The van der Waals surface area contributed by atoms with Crippen LogP contribution in [-0.2, 0) is 11.3 Å². The van der Waals surface area contributed by atoms with Gasteiger partial charge in [-0.2, -0.15) is 0 Å². The molecule has 19 heavy (non-hydrogen) atoms. The number of carbonyl (C=O) groups is 1. The molecule has 0 spiro atoms. The van der Waals surface area contributed by atoms with Crippen LogP contribution in [0.4, 0.5) is 0 Å². The van der Waals surface area contributed by atoms with Crippen molar-refractivity contribution in [1.82, 2.24) is 9.55 Å². The Hall–Kier alpha value is -0.970. The first-order valence-corrected chi connectivity index (χ1v) is 8.00. The van der Waals surface area contributed by atoms with E-state index in [1.807, 2.05) is 6.92 Å². The van der Waals surface area contributed by atoms with Gasteiger partial charge in [-0.1, -0.05) is 11.8 Å². The van der Waals surface area contributed by atoms with Crippen LogP contribution in [-0.4, -0.2) is 26.4 Å². The van der Waals surface area contributed by atoms with Crippen molar-refractivity contribution in [2.24, 2.45) is 17.8 Å². The molecule has 0 amide bonds. The number of aryl methyl sites for hydroxylation is 1. The van der Waals surface area contributed by atoms with Crippen LogP contribution in [0, 0.1) is 24.7 Å². The average Bonchev–Trinajstić information content (AvgIpc) is 3.23. The molecule has 0 unspecified atom stereocenters. The highest BCUT2D eigenvalue weighted by molar-refractivity contribution is 7.99.